The fraction of sp³-hybridized carbons (Fsp3) is 0.143. The molecule has 0 fully saturated rings. The molecule has 0 radical (unpaired) electrons. The van der Waals surface area contributed by atoms with Gasteiger partial charge in [0.25, 0.3) is 0 Å². The van der Waals surface area contributed by atoms with Crippen LogP contribution in [0.4, 0.5) is 0 Å². The van der Waals surface area contributed by atoms with Gasteiger partial charge in [0, 0.05) is 28.7 Å². The first kappa shape index (κ1) is 13.5. The third kappa shape index (κ3) is 2.96. The quantitative estimate of drug-likeness (QED) is 0.722. The molecule has 0 unspecified atom stereocenters. The Hall–Kier alpha value is -1.53. The standard InChI is InChI=1S/C14H12BrN3OS/c1-19-11-2-3-12-13(5-11)18-14(17-12)20-8-9-4-10(15)7-16-6-9/h2-7H,8H2,1H3,(H,17,18). The molecule has 3 rings (SSSR count). The van der Waals surface area contributed by atoms with Crippen molar-refractivity contribution in [2.45, 2.75) is 10.9 Å². The summed E-state index contributed by atoms with van der Waals surface area (Å²) in [5.41, 5.74) is 3.09. The van der Waals surface area contributed by atoms with Gasteiger partial charge in [-0.25, -0.2) is 4.98 Å². The zero-order valence-corrected chi connectivity index (χ0v) is 13.2. The molecule has 0 spiro atoms. The number of fused-ring (bicyclic) bond motifs is 1. The summed E-state index contributed by atoms with van der Waals surface area (Å²) in [6.07, 6.45) is 3.64. The Kier molecular flexibility index (Phi) is 3.93. The molecule has 0 bridgehead atoms. The van der Waals surface area contributed by atoms with Crippen LogP contribution in [0, 0.1) is 0 Å². The molecule has 0 amide bonds. The molecule has 1 N–H and O–H groups in total. The topological polar surface area (TPSA) is 50.8 Å². The monoisotopic (exact) mass is 349 g/mol. The zero-order chi connectivity index (χ0) is 13.9. The van der Waals surface area contributed by atoms with Gasteiger partial charge in [-0.05, 0) is 39.7 Å². The summed E-state index contributed by atoms with van der Waals surface area (Å²) in [5.74, 6) is 1.65. The molecule has 1 aromatic carbocycles. The van der Waals surface area contributed by atoms with Crippen LogP contribution in [0.1, 0.15) is 5.56 Å². The van der Waals surface area contributed by atoms with Crippen molar-refractivity contribution in [3.8, 4) is 5.75 Å². The minimum atomic E-state index is 0.823. The van der Waals surface area contributed by atoms with Gasteiger partial charge in [0.05, 0.1) is 18.1 Å². The molecule has 102 valence electrons. The summed E-state index contributed by atoms with van der Waals surface area (Å²) in [4.78, 5) is 12.0. The molecule has 4 nitrogen and oxygen atoms in total. The number of H-pyrrole nitrogens is 1. The summed E-state index contributed by atoms with van der Waals surface area (Å²) in [6, 6.07) is 7.88. The normalized spacial score (nSPS) is 10.9. The van der Waals surface area contributed by atoms with Gasteiger partial charge in [-0.1, -0.05) is 11.8 Å². The van der Waals surface area contributed by atoms with Crippen molar-refractivity contribution >= 4 is 38.7 Å². The summed E-state index contributed by atoms with van der Waals surface area (Å²) in [5, 5.41) is 0.897. The van der Waals surface area contributed by atoms with Crippen LogP contribution >= 0.6 is 27.7 Å². The third-order valence-corrected chi connectivity index (χ3v) is 4.18. The zero-order valence-electron chi connectivity index (χ0n) is 10.8. The number of aromatic nitrogens is 3. The highest BCUT2D eigenvalue weighted by Gasteiger charge is 2.05. The van der Waals surface area contributed by atoms with E-state index in [1.54, 1.807) is 25.1 Å². The van der Waals surface area contributed by atoms with E-state index in [1.807, 2.05) is 24.4 Å². The molecular formula is C14H12BrN3OS. The number of benzene rings is 1. The Bertz CT molecular complexity index is 744. The van der Waals surface area contributed by atoms with E-state index < -0.39 is 0 Å². The molecule has 0 aliphatic carbocycles. The summed E-state index contributed by atoms with van der Waals surface area (Å²) < 4.78 is 6.20. The first-order chi connectivity index (χ1) is 9.74. The highest BCUT2D eigenvalue weighted by Crippen LogP contribution is 2.25. The lowest BCUT2D eigenvalue weighted by Gasteiger charge is -1.98. The molecule has 2 heterocycles. The molecule has 0 aliphatic rings. The van der Waals surface area contributed by atoms with Crippen molar-refractivity contribution < 1.29 is 4.74 Å². The predicted octanol–water partition coefficient (Wildman–Crippen LogP) is 4.02. The Balaban J connectivity index is 1.77. The lowest BCUT2D eigenvalue weighted by Crippen LogP contribution is -1.83. The Morgan fingerprint density at radius 3 is 3.00 bits per heavy atom. The van der Waals surface area contributed by atoms with Gasteiger partial charge in [0.15, 0.2) is 5.16 Å². The van der Waals surface area contributed by atoms with Gasteiger partial charge in [0.2, 0.25) is 0 Å². The van der Waals surface area contributed by atoms with E-state index >= 15 is 0 Å². The highest BCUT2D eigenvalue weighted by molar-refractivity contribution is 9.10. The van der Waals surface area contributed by atoms with Crippen molar-refractivity contribution in [2.75, 3.05) is 7.11 Å². The predicted molar refractivity (Wildman–Crippen MR) is 84.1 cm³/mol. The number of nitrogens with one attached hydrogen (secondary N) is 1. The molecule has 0 atom stereocenters. The van der Waals surface area contributed by atoms with Gasteiger partial charge in [-0.15, -0.1) is 0 Å². The van der Waals surface area contributed by atoms with Crippen LogP contribution in [0.25, 0.3) is 11.0 Å². The van der Waals surface area contributed by atoms with Crippen molar-refractivity contribution in [3.05, 3.63) is 46.7 Å². The van der Waals surface area contributed by atoms with Crippen LogP contribution in [0.15, 0.2) is 46.3 Å². The van der Waals surface area contributed by atoms with E-state index in [2.05, 4.69) is 36.9 Å². The van der Waals surface area contributed by atoms with E-state index in [0.29, 0.717) is 0 Å². The van der Waals surface area contributed by atoms with Crippen LogP contribution in [-0.2, 0) is 5.75 Å². The number of hydrogen-bond acceptors (Lipinski definition) is 4. The Morgan fingerprint density at radius 1 is 1.30 bits per heavy atom. The summed E-state index contributed by atoms with van der Waals surface area (Å²) >= 11 is 5.08. The number of nitrogens with zero attached hydrogens (tertiary/aromatic N) is 2. The molecule has 0 saturated heterocycles. The van der Waals surface area contributed by atoms with Crippen LogP contribution in [-0.4, -0.2) is 22.1 Å². The Morgan fingerprint density at radius 2 is 2.20 bits per heavy atom. The molecule has 20 heavy (non-hydrogen) atoms. The van der Waals surface area contributed by atoms with Crippen LogP contribution in [0.3, 0.4) is 0 Å². The average molecular weight is 350 g/mol. The minimum absolute atomic E-state index is 0.823. The molecule has 3 aromatic rings. The fourth-order valence-corrected chi connectivity index (χ4v) is 3.07. The number of hydrogen-bond donors (Lipinski definition) is 1. The molecule has 2 aromatic heterocycles. The average Bonchev–Trinajstić information content (AvgIpc) is 2.87. The number of methoxy groups -OCH3 is 1. The number of halogens is 1. The van der Waals surface area contributed by atoms with E-state index in [4.69, 9.17) is 4.74 Å². The van der Waals surface area contributed by atoms with E-state index in [-0.39, 0.29) is 0 Å². The molecule has 0 aliphatic heterocycles. The second kappa shape index (κ2) is 5.85. The first-order valence-electron chi connectivity index (χ1n) is 6.00. The third-order valence-electron chi connectivity index (χ3n) is 2.80. The number of ether oxygens (including phenoxy) is 1. The van der Waals surface area contributed by atoms with Gasteiger partial charge in [-0.3, -0.25) is 4.98 Å². The van der Waals surface area contributed by atoms with Gasteiger partial charge in [0.1, 0.15) is 5.75 Å². The van der Waals surface area contributed by atoms with Gasteiger partial charge < -0.3 is 9.72 Å². The second-order valence-corrected chi connectivity index (χ2v) is 6.10. The maximum Gasteiger partial charge on any atom is 0.166 e. The summed E-state index contributed by atoms with van der Waals surface area (Å²) in [7, 11) is 1.66. The maximum atomic E-state index is 5.21. The van der Waals surface area contributed by atoms with Gasteiger partial charge >= 0.3 is 0 Å². The van der Waals surface area contributed by atoms with E-state index in [0.717, 1.165) is 37.7 Å². The second-order valence-electron chi connectivity index (χ2n) is 4.23. The van der Waals surface area contributed by atoms with Crippen LogP contribution in [0.2, 0.25) is 0 Å². The Labute approximate surface area is 129 Å². The lowest BCUT2D eigenvalue weighted by molar-refractivity contribution is 0.415. The van der Waals surface area contributed by atoms with Crippen LogP contribution < -0.4 is 4.74 Å². The van der Waals surface area contributed by atoms with Crippen molar-refractivity contribution in [1.82, 2.24) is 15.0 Å². The minimum Gasteiger partial charge on any atom is -0.497 e. The number of imidazole rings is 1. The van der Waals surface area contributed by atoms with E-state index in [1.165, 1.54) is 0 Å². The molecular weight excluding hydrogens is 338 g/mol. The number of rotatable bonds is 4. The van der Waals surface area contributed by atoms with Gasteiger partial charge in [-0.2, -0.15) is 0 Å². The number of thioether (sulfide) groups is 1. The summed E-state index contributed by atoms with van der Waals surface area (Å²) in [6.45, 7) is 0. The largest absolute Gasteiger partial charge is 0.497 e. The van der Waals surface area contributed by atoms with Crippen molar-refractivity contribution in [1.29, 1.82) is 0 Å². The lowest BCUT2D eigenvalue weighted by atomic mass is 10.3. The fourth-order valence-electron chi connectivity index (χ4n) is 1.85. The van der Waals surface area contributed by atoms with Crippen LogP contribution in [0.5, 0.6) is 5.75 Å². The highest BCUT2D eigenvalue weighted by atomic mass is 79.9. The molecule has 6 heteroatoms. The maximum absolute atomic E-state index is 5.21. The smallest absolute Gasteiger partial charge is 0.166 e. The molecule has 0 saturated carbocycles. The van der Waals surface area contributed by atoms with Crippen molar-refractivity contribution in [3.63, 3.8) is 0 Å². The van der Waals surface area contributed by atoms with E-state index in [9.17, 15) is 0 Å². The number of aromatic amines is 1. The SMILES string of the molecule is COc1ccc2nc(SCc3cncc(Br)c3)[nH]c2c1. The number of pyridine rings is 1. The first-order valence-corrected chi connectivity index (χ1v) is 7.78. The van der Waals surface area contributed by atoms with Crippen molar-refractivity contribution in [2.24, 2.45) is 0 Å².